The highest BCUT2D eigenvalue weighted by molar-refractivity contribution is 6.23. The van der Waals surface area contributed by atoms with Crippen LogP contribution in [0.3, 0.4) is 0 Å². The number of nitrogens with zero attached hydrogens (tertiary/aromatic N) is 6. The first-order valence-electron chi connectivity index (χ1n) is 22.6. The molecule has 2 fully saturated rings. The molecule has 3 aromatic rings. The first-order valence-corrected chi connectivity index (χ1v) is 22.6. The van der Waals surface area contributed by atoms with Gasteiger partial charge in [-0.15, -0.1) is 0 Å². The van der Waals surface area contributed by atoms with Crippen LogP contribution in [0.2, 0.25) is 0 Å². The molecule has 1 aliphatic carbocycles. The van der Waals surface area contributed by atoms with E-state index in [1.165, 1.54) is 41.3 Å². The number of piperidine rings is 1. The van der Waals surface area contributed by atoms with E-state index < -0.39 is 53.0 Å². The smallest absolute Gasteiger partial charge is 0.262 e. The van der Waals surface area contributed by atoms with Gasteiger partial charge in [0.2, 0.25) is 29.6 Å². The number of anilines is 2. The van der Waals surface area contributed by atoms with Gasteiger partial charge < -0.3 is 48.8 Å². The van der Waals surface area contributed by atoms with Crippen molar-refractivity contribution in [1.29, 1.82) is 0 Å². The summed E-state index contributed by atoms with van der Waals surface area (Å²) in [5.41, 5.74) is 0.0774. The lowest BCUT2D eigenvalue weighted by Crippen LogP contribution is -2.54. The predicted molar refractivity (Wildman–Crippen MR) is 243 cm³/mol. The van der Waals surface area contributed by atoms with Crippen molar-refractivity contribution in [3.05, 3.63) is 82.1 Å². The molecule has 7 rings (SSSR count). The topological polar surface area (TPSA) is 232 Å². The first-order chi connectivity index (χ1) is 33.4. The van der Waals surface area contributed by atoms with Gasteiger partial charge in [0.05, 0.1) is 69.9 Å². The van der Waals surface area contributed by atoms with Gasteiger partial charge >= 0.3 is 0 Å². The quantitative estimate of drug-likeness (QED) is 0.0635. The Hall–Kier alpha value is -6.88. The second-order valence-corrected chi connectivity index (χ2v) is 16.3. The van der Waals surface area contributed by atoms with Crippen LogP contribution < -0.4 is 30.8 Å². The van der Waals surface area contributed by atoms with Crippen molar-refractivity contribution in [2.24, 2.45) is 0 Å². The minimum Gasteiger partial charge on any atom is -0.508 e. The molecule has 22 heteroatoms. The van der Waals surface area contributed by atoms with E-state index in [2.05, 4.69) is 27.2 Å². The van der Waals surface area contributed by atoms with Gasteiger partial charge in [-0.3, -0.25) is 39.0 Å². The number of carbonyl (C=O) groups is 6. The van der Waals surface area contributed by atoms with E-state index in [0.29, 0.717) is 89.2 Å². The molecule has 20 nitrogen and oxygen atoms in total. The monoisotopic (exact) mass is 960 g/mol. The second-order valence-electron chi connectivity index (χ2n) is 16.3. The van der Waals surface area contributed by atoms with Gasteiger partial charge in [0, 0.05) is 69.9 Å². The zero-order chi connectivity index (χ0) is 49.0. The van der Waals surface area contributed by atoms with Crippen LogP contribution in [0, 0.1) is 5.82 Å². The van der Waals surface area contributed by atoms with Crippen molar-refractivity contribution in [1.82, 2.24) is 30.0 Å². The van der Waals surface area contributed by atoms with Crippen LogP contribution >= 0.6 is 0 Å². The van der Waals surface area contributed by atoms with Crippen LogP contribution in [0.25, 0.3) is 11.9 Å². The lowest BCUT2D eigenvalue weighted by molar-refractivity contribution is -0.136. The Bertz CT molecular complexity index is 2550. The molecule has 0 spiro atoms. The number of carbonyl (C=O) groups excluding carboxylic acids is 6. The molecule has 0 radical (unpaired) electrons. The molecular formula is C47H54F2N8O12. The van der Waals surface area contributed by atoms with Gasteiger partial charge in [-0.25, -0.2) is 13.8 Å². The summed E-state index contributed by atoms with van der Waals surface area (Å²) in [6.45, 7) is 8.12. The molecular weight excluding hydrogens is 907 g/mol. The number of nitrogens with one attached hydrogen (secondary N) is 2. The number of phenols is 1. The molecule has 6 amide bonds. The van der Waals surface area contributed by atoms with Crippen LogP contribution in [0.5, 0.6) is 11.5 Å². The lowest BCUT2D eigenvalue weighted by Gasteiger charge is -2.35. The van der Waals surface area contributed by atoms with Gasteiger partial charge in [0.15, 0.2) is 0 Å². The Kier molecular flexibility index (Phi) is 17.0. The van der Waals surface area contributed by atoms with E-state index in [0.717, 1.165) is 11.0 Å². The molecule has 4 heterocycles. The molecule has 2 aromatic carbocycles. The second kappa shape index (κ2) is 23.4. The largest absolute Gasteiger partial charge is 0.508 e. The summed E-state index contributed by atoms with van der Waals surface area (Å²) in [7, 11) is 1.65. The Balaban J connectivity index is 0.743. The number of halogens is 2. The summed E-state index contributed by atoms with van der Waals surface area (Å²) < 4.78 is 58.9. The zero-order valence-electron chi connectivity index (χ0n) is 38.1. The maximum atomic E-state index is 16.1. The Labute approximate surface area is 395 Å². The summed E-state index contributed by atoms with van der Waals surface area (Å²) in [4.78, 5) is 89.8. The predicted octanol–water partition coefficient (Wildman–Crippen LogP) is 0.619. The highest BCUT2D eigenvalue weighted by Crippen LogP contribution is 2.37. The average molecular weight is 961 g/mol. The number of likely N-dealkylation sites (N-methyl/N-ethyl adjacent to an activating group) is 1. The number of rotatable bonds is 24. The zero-order valence-corrected chi connectivity index (χ0v) is 38.1. The number of hydrogen-bond acceptors (Lipinski definition) is 16. The number of ether oxygens (including phenoxy) is 5. The van der Waals surface area contributed by atoms with Gasteiger partial charge in [0.25, 0.3) is 11.8 Å². The number of piperazine rings is 1. The molecule has 3 aliphatic heterocycles. The standard InChI is InChI=1S/C47H54F2N8O12/c1-3-38(60)55-13-15-56(16-14-55)43-33-28-32(40-34(48)5-4-6-36(40)58)41(49)42(33)52-47(53-43)50-12-11-39(61)54(2)17-18-65-19-20-66-21-22-67-23-24-68-25-26-69-29-7-8-30-31(27-29)46(64)57(45(30)63)35-9-10-37(59)51-44(35)62/h3-8,27-28,32,35,58H,1,9-26H2,2H3,(H,50,52)(H,51,59,62). The van der Waals surface area contributed by atoms with Crippen molar-refractivity contribution in [2.75, 3.05) is 116 Å². The number of imide groups is 2. The minimum absolute atomic E-state index is 0.0375. The fourth-order valence-electron chi connectivity index (χ4n) is 8.13. The molecule has 368 valence electrons. The van der Waals surface area contributed by atoms with E-state index >= 15 is 4.39 Å². The van der Waals surface area contributed by atoms with E-state index in [-0.39, 0.29) is 85.4 Å². The van der Waals surface area contributed by atoms with Gasteiger partial charge in [-0.1, -0.05) is 18.7 Å². The molecule has 3 N–H and O–H groups in total. The average Bonchev–Trinajstić information content (AvgIpc) is 3.79. The molecule has 2 unspecified atom stereocenters. The maximum Gasteiger partial charge on any atom is 0.262 e. The number of amides is 6. The normalized spacial score (nSPS) is 17.7. The lowest BCUT2D eigenvalue weighted by atomic mass is 9.98. The van der Waals surface area contributed by atoms with Gasteiger partial charge in [-0.05, 0) is 42.8 Å². The van der Waals surface area contributed by atoms with Crippen LogP contribution in [0.4, 0.5) is 20.5 Å². The summed E-state index contributed by atoms with van der Waals surface area (Å²) in [6, 6.07) is 7.21. The number of aromatic nitrogens is 2. The molecule has 0 bridgehead atoms. The van der Waals surface area contributed by atoms with Crippen molar-refractivity contribution in [3.63, 3.8) is 0 Å². The summed E-state index contributed by atoms with van der Waals surface area (Å²) >= 11 is 0. The van der Waals surface area contributed by atoms with E-state index in [1.807, 2.05) is 4.90 Å². The molecule has 2 saturated heterocycles. The van der Waals surface area contributed by atoms with Crippen molar-refractivity contribution >= 4 is 59.1 Å². The number of hydrogen-bond donors (Lipinski definition) is 3. The number of phenolic OH excluding ortho intramolecular Hbond substituents is 1. The molecule has 69 heavy (non-hydrogen) atoms. The maximum absolute atomic E-state index is 16.1. The SMILES string of the molecule is C=CC(=O)N1CCN(c2nc(NCCC(=O)N(C)CCOCCOCCOCCOCCOc3ccc4c(c3)C(=O)N(C3CCC(=O)NC3=O)C4=O)nc3c2=CC(c2c(O)cccc2F)C=3F)CC1. The van der Waals surface area contributed by atoms with Crippen molar-refractivity contribution < 1.29 is 66.3 Å². The number of aromatic hydroxyl groups is 1. The van der Waals surface area contributed by atoms with E-state index in [4.69, 9.17) is 23.7 Å². The summed E-state index contributed by atoms with van der Waals surface area (Å²) in [5, 5.41) is 15.9. The Morgan fingerprint density at radius 2 is 1.57 bits per heavy atom. The fraction of sp³-hybridized carbons (Fsp3) is 0.447. The van der Waals surface area contributed by atoms with Crippen molar-refractivity contribution in [2.45, 2.75) is 31.2 Å². The van der Waals surface area contributed by atoms with E-state index in [1.54, 1.807) is 18.0 Å². The molecule has 2 atom stereocenters. The van der Waals surface area contributed by atoms with Gasteiger partial charge in [0.1, 0.15) is 47.0 Å². The van der Waals surface area contributed by atoms with Gasteiger partial charge in [-0.2, -0.15) is 4.98 Å². The molecule has 1 aromatic heterocycles. The highest BCUT2D eigenvalue weighted by Gasteiger charge is 2.44. The third kappa shape index (κ3) is 12.1. The van der Waals surface area contributed by atoms with Crippen LogP contribution in [-0.2, 0) is 38.1 Å². The van der Waals surface area contributed by atoms with Crippen molar-refractivity contribution in [3.8, 4) is 11.5 Å². The summed E-state index contributed by atoms with van der Waals surface area (Å²) in [6.07, 6.45) is 2.92. The van der Waals surface area contributed by atoms with Crippen LogP contribution in [0.1, 0.15) is 51.5 Å². The third-order valence-corrected chi connectivity index (χ3v) is 11.8. The van der Waals surface area contributed by atoms with Crippen LogP contribution in [-0.4, -0.2) is 177 Å². The first kappa shape index (κ1) is 50.0. The molecule has 0 saturated carbocycles. The van der Waals surface area contributed by atoms with Crippen LogP contribution in [0.15, 0.2) is 49.1 Å². The highest BCUT2D eigenvalue weighted by atomic mass is 19.1. The number of fused-ring (bicyclic) bond motifs is 2. The minimum atomic E-state index is -1.23. The fourth-order valence-corrected chi connectivity index (χ4v) is 8.13. The third-order valence-electron chi connectivity index (χ3n) is 11.8. The number of benzene rings is 2. The summed E-state index contributed by atoms with van der Waals surface area (Å²) in [5.74, 6) is -5.05. The van der Waals surface area contributed by atoms with E-state index in [9.17, 15) is 38.3 Å². The Morgan fingerprint density at radius 1 is 0.899 bits per heavy atom. The molecule has 4 aliphatic rings. The Morgan fingerprint density at radius 3 is 2.23 bits per heavy atom.